The first-order valence-electron chi connectivity index (χ1n) is 26.5. The van der Waals surface area contributed by atoms with Gasteiger partial charge in [-0.3, -0.25) is 14.5 Å². The molecule has 5 aromatic rings. The van der Waals surface area contributed by atoms with Gasteiger partial charge in [0.2, 0.25) is 11.8 Å². The van der Waals surface area contributed by atoms with Gasteiger partial charge in [0.1, 0.15) is 17.7 Å². The molecule has 0 radical (unpaired) electrons. The van der Waals surface area contributed by atoms with Crippen LogP contribution in [-0.2, 0) is 14.3 Å². The molecule has 7 heterocycles. The molecular weight excluding hydrogens is 945 g/mol. The zero-order valence-electron chi connectivity index (χ0n) is 42.7. The number of thiazole rings is 1. The van der Waals surface area contributed by atoms with Crippen molar-refractivity contribution in [2.75, 3.05) is 76.2 Å². The van der Waals surface area contributed by atoms with Crippen LogP contribution in [0.15, 0.2) is 70.7 Å². The fraction of sp³-hybridized carbons (Fsp3) is 0.564. The van der Waals surface area contributed by atoms with Gasteiger partial charge in [0, 0.05) is 63.4 Å². The molecule has 73 heavy (non-hydrogen) atoms. The van der Waals surface area contributed by atoms with E-state index in [4.69, 9.17) is 19.7 Å². The number of aromatic hydroxyl groups is 1. The van der Waals surface area contributed by atoms with Crippen LogP contribution in [0.3, 0.4) is 0 Å². The second-order valence-electron chi connectivity index (χ2n) is 21.7. The SMILES string of the molecule is Cc1ncsc1-c1ccc([C@H](C)NC(=O)[C@@H]2C[C@@H](O)CN2C(=O)[C@H](c2cc(OCCC3CCN(C4CC(CN5CCOC6(CCN(c7cc(-c8ccccc8O)nnc7N)CC6)C5)C4)CC3)no2)C(C)C)cc1. The predicted molar refractivity (Wildman–Crippen MR) is 280 cm³/mol. The van der Waals surface area contributed by atoms with E-state index in [1.165, 1.54) is 17.7 Å². The zero-order valence-corrected chi connectivity index (χ0v) is 43.5. The van der Waals surface area contributed by atoms with E-state index in [1.54, 1.807) is 29.5 Å². The third-order valence-corrected chi connectivity index (χ3v) is 17.4. The molecule has 1 spiro atoms. The Kier molecular flexibility index (Phi) is 15.4. The minimum atomic E-state index is -0.812. The third kappa shape index (κ3) is 11.4. The summed E-state index contributed by atoms with van der Waals surface area (Å²) >= 11 is 1.60. The van der Waals surface area contributed by atoms with Gasteiger partial charge in [0.25, 0.3) is 5.88 Å². The van der Waals surface area contributed by atoms with Crippen molar-refractivity contribution in [2.24, 2.45) is 17.8 Å². The van der Waals surface area contributed by atoms with Gasteiger partial charge >= 0.3 is 0 Å². The number of nitrogens with two attached hydrogens (primary N) is 1. The summed E-state index contributed by atoms with van der Waals surface area (Å²) in [6, 6.07) is 18.4. The van der Waals surface area contributed by atoms with E-state index in [-0.39, 0.29) is 48.1 Å². The zero-order chi connectivity index (χ0) is 50.8. The van der Waals surface area contributed by atoms with Crippen LogP contribution in [0.4, 0.5) is 11.5 Å². The first kappa shape index (κ1) is 50.9. The number of hydrogen-bond acceptors (Lipinski definition) is 16. The number of morpholine rings is 1. The number of nitrogens with zero attached hydrogens (tertiary/aromatic N) is 8. The fourth-order valence-corrected chi connectivity index (χ4v) is 12.9. The molecule has 17 nitrogen and oxygen atoms in total. The molecule has 4 saturated heterocycles. The van der Waals surface area contributed by atoms with Gasteiger partial charge < -0.3 is 50.0 Å². The average Bonchev–Trinajstić information content (AvgIpc) is 4.13. The number of aliphatic hydroxyl groups excluding tert-OH is 1. The summed E-state index contributed by atoms with van der Waals surface area (Å²) in [5.41, 5.74) is 13.1. The number of aryl methyl sites for hydroxylation is 1. The largest absolute Gasteiger partial charge is 0.507 e. The van der Waals surface area contributed by atoms with Crippen molar-refractivity contribution in [3.63, 3.8) is 0 Å². The molecule has 5 aliphatic rings. The Hall–Kier alpha value is -5.66. The van der Waals surface area contributed by atoms with Gasteiger partial charge in [-0.15, -0.1) is 21.5 Å². The van der Waals surface area contributed by atoms with Crippen LogP contribution in [0.5, 0.6) is 11.6 Å². The Morgan fingerprint density at radius 2 is 1.74 bits per heavy atom. The van der Waals surface area contributed by atoms with Crippen molar-refractivity contribution < 1.29 is 33.8 Å². The highest BCUT2D eigenvalue weighted by Crippen LogP contribution is 2.40. The fourth-order valence-electron chi connectivity index (χ4n) is 12.1. The number of aliphatic hydroxyl groups is 1. The van der Waals surface area contributed by atoms with E-state index in [9.17, 15) is 19.8 Å². The molecule has 4 aliphatic heterocycles. The number of rotatable bonds is 16. The maximum absolute atomic E-state index is 14.3. The number of para-hydroxylation sites is 1. The van der Waals surface area contributed by atoms with Crippen LogP contribution in [-0.4, -0.2) is 146 Å². The number of nitrogen functional groups attached to an aromatic ring is 1. The molecule has 2 aromatic carbocycles. The Balaban J connectivity index is 0.638. The number of piperidine rings is 2. The van der Waals surface area contributed by atoms with Crippen LogP contribution in [0.1, 0.15) is 101 Å². The van der Waals surface area contributed by atoms with E-state index in [0.717, 1.165) is 112 Å². The lowest BCUT2D eigenvalue weighted by atomic mass is 9.77. The molecule has 10 rings (SSSR count). The number of phenols is 1. The Morgan fingerprint density at radius 1 is 0.973 bits per heavy atom. The summed E-state index contributed by atoms with van der Waals surface area (Å²) in [7, 11) is 0. The standard InChI is InChI=1S/C55H72N10O7S/c1-34(2)50(54(69)65-31-42(66)27-46(65)53(68)58-35(3)39-9-11-40(12-10-39)51-36(4)57-33-73-51)48-29-49(61-72-48)70-23-15-37-13-18-63(19-14-37)41-25-38(26-41)30-62-22-24-71-55(32-62)16-20-64(21-17-55)45-28-44(59-60-52(45)56)43-7-5-6-8-47(43)67/h5-12,28-29,33-35,37-38,41-42,46,50,66-67H,13-27,30-32H2,1-4H3,(H2,56,60)(H,58,68)/t35-,38?,41?,42+,46-,50-/m0/s1. The van der Waals surface area contributed by atoms with E-state index < -0.39 is 18.1 Å². The molecule has 1 aliphatic carbocycles. The number of benzene rings is 2. The van der Waals surface area contributed by atoms with Crippen LogP contribution in [0.25, 0.3) is 21.7 Å². The van der Waals surface area contributed by atoms with Gasteiger partial charge in [0.15, 0.2) is 11.6 Å². The summed E-state index contributed by atoms with van der Waals surface area (Å²) in [4.78, 5) is 42.6. The summed E-state index contributed by atoms with van der Waals surface area (Å²) in [6.45, 7) is 16.1. The summed E-state index contributed by atoms with van der Waals surface area (Å²) in [5.74, 6) is 1.20. The molecule has 18 heteroatoms. The van der Waals surface area contributed by atoms with Gasteiger partial charge in [-0.2, -0.15) is 0 Å². The van der Waals surface area contributed by atoms with Crippen LogP contribution in [0.2, 0.25) is 0 Å². The van der Waals surface area contributed by atoms with Gasteiger partial charge in [-0.1, -0.05) is 50.2 Å². The number of β-amino-alcohol motifs (C(OH)–C–C–N with tert-alkyl or cyclic N) is 1. The Morgan fingerprint density at radius 3 is 2.47 bits per heavy atom. The lowest BCUT2D eigenvalue weighted by Crippen LogP contribution is -2.58. The minimum absolute atomic E-state index is 0.0700. The lowest BCUT2D eigenvalue weighted by molar-refractivity contribution is -0.141. The van der Waals surface area contributed by atoms with Crippen molar-refractivity contribution in [3.05, 3.63) is 83.2 Å². The number of likely N-dealkylation sites (tertiary alicyclic amines) is 2. The van der Waals surface area contributed by atoms with E-state index in [0.29, 0.717) is 53.2 Å². The number of carbonyl (C=O) groups is 2. The van der Waals surface area contributed by atoms with Crippen molar-refractivity contribution in [3.8, 4) is 33.3 Å². The van der Waals surface area contributed by atoms with E-state index in [1.807, 2.05) is 75.7 Å². The molecule has 4 atom stereocenters. The monoisotopic (exact) mass is 1020 g/mol. The Labute approximate surface area is 432 Å². The summed E-state index contributed by atoms with van der Waals surface area (Å²) in [6.07, 6.45) is 6.92. The molecule has 0 bridgehead atoms. The predicted octanol–water partition coefficient (Wildman–Crippen LogP) is 7.06. The number of phenolic OH excluding ortho intramolecular Hbond substituents is 1. The maximum Gasteiger partial charge on any atom is 0.254 e. The van der Waals surface area contributed by atoms with Gasteiger partial charge in [-0.05, 0) is 124 Å². The van der Waals surface area contributed by atoms with Gasteiger partial charge in [-0.25, -0.2) is 4.98 Å². The summed E-state index contributed by atoms with van der Waals surface area (Å²) in [5, 5.41) is 37.0. The minimum Gasteiger partial charge on any atom is -0.507 e. The smallest absolute Gasteiger partial charge is 0.254 e. The molecule has 5 N–H and O–H groups in total. The first-order valence-corrected chi connectivity index (χ1v) is 27.3. The lowest BCUT2D eigenvalue weighted by Gasteiger charge is -2.50. The van der Waals surface area contributed by atoms with Crippen molar-refractivity contribution in [1.29, 1.82) is 0 Å². The number of amides is 2. The molecule has 1 saturated carbocycles. The van der Waals surface area contributed by atoms with Crippen LogP contribution >= 0.6 is 11.3 Å². The summed E-state index contributed by atoms with van der Waals surface area (Å²) < 4.78 is 18.4. The number of anilines is 2. The average molecular weight is 1020 g/mol. The number of ether oxygens (including phenoxy) is 2. The molecule has 390 valence electrons. The number of carbonyl (C=O) groups excluding carboxylic acids is 2. The number of hydrogen-bond donors (Lipinski definition) is 4. The van der Waals surface area contributed by atoms with Crippen molar-refractivity contribution in [1.82, 2.24) is 40.4 Å². The highest BCUT2D eigenvalue weighted by Gasteiger charge is 2.45. The normalized spacial score (nSPS) is 23.6. The third-order valence-electron chi connectivity index (χ3n) is 16.4. The van der Waals surface area contributed by atoms with Crippen molar-refractivity contribution in [2.45, 2.75) is 115 Å². The highest BCUT2D eigenvalue weighted by atomic mass is 32.1. The second-order valence-corrected chi connectivity index (χ2v) is 22.5. The van der Waals surface area contributed by atoms with Crippen LogP contribution < -0.4 is 20.7 Å². The second kappa shape index (κ2) is 22.0. The number of nitrogens with one attached hydrogen (secondary N) is 1. The quantitative estimate of drug-likeness (QED) is 0.0780. The topological polar surface area (TPSA) is 209 Å². The number of aromatic nitrogens is 4. The maximum atomic E-state index is 14.3. The van der Waals surface area contributed by atoms with Crippen molar-refractivity contribution >= 4 is 34.7 Å². The molecule has 2 amide bonds. The molecular formula is C55H72N10O7S. The Bertz CT molecular complexity index is 2680. The molecule has 5 fully saturated rings. The van der Waals surface area contributed by atoms with Crippen LogP contribution in [0, 0.1) is 24.7 Å². The molecule has 3 aromatic heterocycles. The first-order chi connectivity index (χ1) is 35.3. The van der Waals surface area contributed by atoms with E-state index >= 15 is 0 Å². The highest BCUT2D eigenvalue weighted by molar-refractivity contribution is 7.13. The van der Waals surface area contributed by atoms with Gasteiger partial charge in [0.05, 0.1) is 58.4 Å². The molecule has 0 unspecified atom stereocenters. The van der Waals surface area contributed by atoms with E-state index in [2.05, 4.69) is 40.4 Å².